The molecule has 0 radical (unpaired) electrons. The van der Waals surface area contributed by atoms with Crippen molar-refractivity contribution in [1.29, 1.82) is 0 Å². The SMILES string of the molecule is CCCC1(OC)COc2ccccc2OCCOCCOc2ccccc2OC1. The monoisotopic (exact) mass is 402 g/mol. The van der Waals surface area contributed by atoms with E-state index in [1.807, 2.05) is 48.5 Å². The first-order valence-corrected chi connectivity index (χ1v) is 10.1. The van der Waals surface area contributed by atoms with Crippen LogP contribution in [0.25, 0.3) is 0 Å². The summed E-state index contributed by atoms with van der Waals surface area (Å²) < 4.78 is 35.5. The molecule has 2 aromatic carbocycles. The van der Waals surface area contributed by atoms with Gasteiger partial charge in [-0.05, 0) is 30.7 Å². The first-order chi connectivity index (χ1) is 14.3. The number of ether oxygens (including phenoxy) is 6. The Morgan fingerprint density at radius 3 is 1.59 bits per heavy atom. The Hall–Kier alpha value is -2.44. The zero-order valence-electron chi connectivity index (χ0n) is 17.2. The molecule has 3 rings (SSSR count). The first-order valence-electron chi connectivity index (χ1n) is 10.1. The van der Waals surface area contributed by atoms with Gasteiger partial charge in [0.05, 0.1) is 13.2 Å². The second-order valence-corrected chi connectivity index (χ2v) is 6.92. The van der Waals surface area contributed by atoms with Crippen LogP contribution in [0.15, 0.2) is 48.5 Å². The standard InChI is InChI=1S/C23H30O6/c1-3-12-23(24-2)17-28-21-10-6-4-8-19(21)26-15-13-25-14-16-27-20-9-5-7-11-22(20)29-18-23/h4-11H,3,12-18H2,1-2H3. The van der Waals surface area contributed by atoms with Gasteiger partial charge in [-0.25, -0.2) is 0 Å². The van der Waals surface area contributed by atoms with E-state index in [2.05, 4.69) is 6.92 Å². The van der Waals surface area contributed by atoms with E-state index in [4.69, 9.17) is 28.4 Å². The van der Waals surface area contributed by atoms with E-state index in [1.165, 1.54) is 0 Å². The highest BCUT2D eigenvalue weighted by Gasteiger charge is 2.32. The van der Waals surface area contributed by atoms with E-state index in [0.717, 1.165) is 12.8 Å². The summed E-state index contributed by atoms with van der Waals surface area (Å²) in [6.07, 6.45) is 1.73. The molecule has 6 nitrogen and oxygen atoms in total. The van der Waals surface area contributed by atoms with Crippen LogP contribution in [0.1, 0.15) is 19.8 Å². The topological polar surface area (TPSA) is 55.4 Å². The van der Waals surface area contributed by atoms with Crippen molar-refractivity contribution in [2.24, 2.45) is 0 Å². The Labute approximate surface area is 172 Å². The summed E-state index contributed by atoms with van der Waals surface area (Å²) in [6.45, 7) is 4.61. The van der Waals surface area contributed by atoms with Gasteiger partial charge in [0, 0.05) is 7.11 Å². The lowest BCUT2D eigenvalue weighted by atomic mass is 10.00. The summed E-state index contributed by atoms with van der Waals surface area (Å²) >= 11 is 0. The van der Waals surface area contributed by atoms with E-state index in [-0.39, 0.29) is 0 Å². The Morgan fingerprint density at radius 1 is 0.724 bits per heavy atom. The number of methoxy groups -OCH3 is 1. The van der Waals surface area contributed by atoms with Crippen molar-refractivity contribution in [3.05, 3.63) is 48.5 Å². The van der Waals surface area contributed by atoms with Crippen LogP contribution in [-0.4, -0.2) is 52.4 Å². The van der Waals surface area contributed by atoms with Gasteiger partial charge in [0.15, 0.2) is 23.0 Å². The number of fused-ring (bicyclic) bond motifs is 2. The summed E-state index contributed by atoms with van der Waals surface area (Å²) in [7, 11) is 1.70. The van der Waals surface area contributed by atoms with Crippen molar-refractivity contribution in [1.82, 2.24) is 0 Å². The van der Waals surface area contributed by atoms with E-state index < -0.39 is 5.60 Å². The van der Waals surface area contributed by atoms with E-state index in [9.17, 15) is 0 Å². The molecule has 0 saturated carbocycles. The van der Waals surface area contributed by atoms with Crippen LogP contribution in [0, 0.1) is 0 Å². The zero-order valence-corrected chi connectivity index (χ0v) is 17.2. The van der Waals surface area contributed by atoms with Gasteiger partial charge in [-0.1, -0.05) is 37.6 Å². The smallest absolute Gasteiger partial charge is 0.161 e. The molecule has 1 aliphatic rings. The maximum atomic E-state index is 6.13. The summed E-state index contributed by atoms with van der Waals surface area (Å²) in [5.41, 5.74) is -0.588. The molecule has 0 amide bonds. The fraction of sp³-hybridized carbons (Fsp3) is 0.478. The van der Waals surface area contributed by atoms with Crippen molar-refractivity contribution in [2.45, 2.75) is 25.4 Å². The van der Waals surface area contributed by atoms with Crippen molar-refractivity contribution < 1.29 is 28.4 Å². The molecule has 0 saturated heterocycles. The van der Waals surface area contributed by atoms with Gasteiger partial charge < -0.3 is 28.4 Å². The molecule has 6 heteroatoms. The van der Waals surface area contributed by atoms with Gasteiger partial charge in [0.2, 0.25) is 0 Å². The quantitative estimate of drug-likeness (QED) is 0.770. The summed E-state index contributed by atoms with van der Waals surface area (Å²) in [5.74, 6) is 2.74. The number of rotatable bonds is 3. The minimum atomic E-state index is -0.588. The van der Waals surface area contributed by atoms with E-state index in [0.29, 0.717) is 62.6 Å². The minimum Gasteiger partial charge on any atom is -0.487 e. The zero-order chi connectivity index (χ0) is 20.4. The minimum absolute atomic E-state index is 0.344. The molecule has 0 N–H and O–H groups in total. The Bertz CT molecular complexity index is 692. The molecule has 29 heavy (non-hydrogen) atoms. The fourth-order valence-electron chi connectivity index (χ4n) is 3.18. The van der Waals surface area contributed by atoms with Crippen LogP contribution in [0.2, 0.25) is 0 Å². The molecule has 0 aromatic heterocycles. The second kappa shape index (κ2) is 10.9. The highest BCUT2D eigenvalue weighted by Crippen LogP contribution is 2.31. The van der Waals surface area contributed by atoms with Gasteiger partial charge in [0.1, 0.15) is 32.0 Å². The Balaban J connectivity index is 1.83. The molecule has 0 aliphatic carbocycles. The van der Waals surface area contributed by atoms with Gasteiger partial charge in [-0.15, -0.1) is 0 Å². The first kappa shape index (κ1) is 21.3. The highest BCUT2D eigenvalue weighted by atomic mass is 16.6. The maximum Gasteiger partial charge on any atom is 0.161 e. The molecule has 0 bridgehead atoms. The molecular weight excluding hydrogens is 372 g/mol. The normalized spacial score (nSPS) is 17.4. The van der Waals surface area contributed by atoms with Crippen molar-refractivity contribution in [2.75, 3.05) is 46.8 Å². The fourth-order valence-corrected chi connectivity index (χ4v) is 3.18. The third-order valence-electron chi connectivity index (χ3n) is 4.79. The van der Waals surface area contributed by atoms with E-state index in [1.54, 1.807) is 7.11 Å². The third-order valence-corrected chi connectivity index (χ3v) is 4.79. The molecule has 158 valence electrons. The molecule has 0 atom stereocenters. The molecule has 0 unspecified atom stereocenters. The predicted molar refractivity (Wildman–Crippen MR) is 110 cm³/mol. The molecule has 1 heterocycles. The second-order valence-electron chi connectivity index (χ2n) is 6.92. The van der Waals surface area contributed by atoms with Gasteiger partial charge in [-0.2, -0.15) is 0 Å². The summed E-state index contributed by atoms with van der Waals surface area (Å²) in [4.78, 5) is 0. The molecule has 2 aromatic rings. The number of benzene rings is 2. The highest BCUT2D eigenvalue weighted by molar-refractivity contribution is 5.40. The van der Waals surface area contributed by atoms with Crippen LogP contribution in [-0.2, 0) is 9.47 Å². The Morgan fingerprint density at radius 2 is 1.17 bits per heavy atom. The Kier molecular flexibility index (Phi) is 8.02. The number of para-hydroxylation sites is 4. The lowest BCUT2D eigenvalue weighted by Gasteiger charge is -2.32. The van der Waals surface area contributed by atoms with Crippen LogP contribution in [0.4, 0.5) is 0 Å². The average molecular weight is 402 g/mol. The maximum absolute atomic E-state index is 6.13. The van der Waals surface area contributed by atoms with Gasteiger partial charge >= 0.3 is 0 Å². The summed E-state index contributed by atoms with van der Waals surface area (Å²) in [6, 6.07) is 15.3. The molecule has 0 fully saturated rings. The molecule has 1 aliphatic heterocycles. The summed E-state index contributed by atoms with van der Waals surface area (Å²) in [5, 5.41) is 0. The van der Waals surface area contributed by atoms with E-state index >= 15 is 0 Å². The molecular formula is C23H30O6. The molecule has 0 spiro atoms. The van der Waals surface area contributed by atoms with Crippen LogP contribution in [0.3, 0.4) is 0 Å². The van der Waals surface area contributed by atoms with Crippen LogP contribution in [0.5, 0.6) is 23.0 Å². The van der Waals surface area contributed by atoms with Crippen molar-refractivity contribution in [3.63, 3.8) is 0 Å². The lowest BCUT2D eigenvalue weighted by Crippen LogP contribution is -2.44. The van der Waals surface area contributed by atoms with Crippen molar-refractivity contribution >= 4 is 0 Å². The number of hydrogen-bond donors (Lipinski definition) is 0. The predicted octanol–water partition coefficient (Wildman–Crippen LogP) is 4.12. The van der Waals surface area contributed by atoms with Crippen LogP contribution >= 0.6 is 0 Å². The third kappa shape index (κ3) is 6.02. The van der Waals surface area contributed by atoms with Crippen LogP contribution < -0.4 is 18.9 Å². The van der Waals surface area contributed by atoms with Gasteiger partial charge in [-0.3, -0.25) is 0 Å². The van der Waals surface area contributed by atoms with Crippen molar-refractivity contribution in [3.8, 4) is 23.0 Å². The average Bonchev–Trinajstić information content (AvgIpc) is 2.76. The number of hydrogen-bond acceptors (Lipinski definition) is 6. The largest absolute Gasteiger partial charge is 0.487 e. The van der Waals surface area contributed by atoms with Gasteiger partial charge in [0.25, 0.3) is 0 Å². The lowest BCUT2D eigenvalue weighted by molar-refractivity contribution is -0.0788.